The average Bonchev–Trinajstić information content (AvgIpc) is 2.84. The standard InChI is InChI=1S/C13H14N4O4/c1-17-5-4-14-11(17)7-15-13(21)16-10-3-2-8(18)6-9(10)12(19)20/h2-6,18H,7H2,1H3,(H,19,20)(H2,15,16,21). The van der Waals surface area contributed by atoms with Crippen LogP contribution in [0.25, 0.3) is 0 Å². The van der Waals surface area contributed by atoms with Crippen molar-refractivity contribution in [2.75, 3.05) is 5.32 Å². The molecule has 0 aliphatic carbocycles. The van der Waals surface area contributed by atoms with Gasteiger partial charge in [0.2, 0.25) is 0 Å². The van der Waals surface area contributed by atoms with E-state index in [1.54, 1.807) is 24.0 Å². The van der Waals surface area contributed by atoms with E-state index >= 15 is 0 Å². The fourth-order valence-corrected chi connectivity index (χ4v) is 1.71. The maximum Gasteiger partial charge on any atom is 0.337 e. The van der Waals surface area contributed by atoms with Gasteiger partial charge in [-0.25, -0.2) is 14.6 Å². The van der Waals surface area contributed by atoms with Crippen molar-refractivity contribution in [2.24, 2.45) is 7.05 Å². The Hall–Kier alpha value is -3.03. The number of aromatic carboxylic acids is 1. The van der Waals surface area contributed by atoms with Gasteiger partial charge in [0.1, 0.15) is 11.6 Å². The number of carbonyl (C=O) groups excluding carboxylic acids is 1. The van der Waals surface area contributed by atoms with Gasteiger partial charge in [0.25, 0.3) is 0 Å². The van der Waals surface area contributed by atoms with Crippen LogP contribution >= 0.6 is 0 Å². The number of urea groups is 1. The number of aromatic nitrogens is 2. The van der Waals surface area contributed by atoms with Gasteiger partial charge in [0, 0.05) is 19.4 Å². The summed E-state index contributed by atoms with van der Waals surface area (Å²) < 4.78 is 1.75. The molecule has 110 valence electrons. The summed E-state index contributed by atoms with van der Waals surface area (Å²) >= 11 is 0. The first-order valence-electron chi connectivity index (χ1n) is 6.04. The maximum atomic E-state index is 11.8. The number of hydrogen-bond acceptors (Lipinski definition) is 4. The van der Waals surface area contributed by atoms with E-state index in [0.717, 1.165) is 6.07 Å². The van der Waals surface area contributed by atoms with Crippen molar-refractivity contribution in [3.8, 4) is 5.75 Å². The highest BCUT2D eigenvalue weighted by Crippen LogP contribution is 2.21. The number of benzene rings is 1. The molecule has 0 aliphatic heterocycles. The van der Waals surface area contributed by atoms with Crippen molar-refractivity contribution in [1.29, 1.82) is 0 Å². The molecule has 2 aromatic rings. The Morgan fingerprint density at radius 3 is 2.76 bits per heavy atom. The molecule has 1 heterocycles. The number of carbonyl (C=O) groups is 2. The van der Waals surface area contributed by atoms with Crippen molar-refractivity contribution < 1.29 is 19.8 Å². The lowest BCUT2D eigenvalue weighted by atomic mass is 10.1. The molecule has 8 nitrogen and oxygen atoms in total. The Bertz CT molecular complexity index is 681. The van der Waals surface area contributed by atoms with E-state index in [0.29, 0.717) is 5.82 Å². The zero-order chi connectivity index (χ0) is 15.4. The number of imidazole rings is 1. The molecule has 8 heteroatoms. The fourth-order valence-electron chi connectivity index (χ4n) is 1.71. The Morgan fingerprint density at radius 1 is 1.38 bits per heavy atom. The number of carboxylic acids is 1. The van der Waals surface area contributed by atoms with Crippen molar-refractivity contribution in [1.82, 2.24) is 14.9 Å². The molecule has 0 atom stereocenters. The smallest absolute Gasteiger partial charge is 0.337 e. The summed E-state index contributed by atoms with van der Waals surface area (Å²) in [4.78, 5) is 26.9. The second kappa shape index (κ2) is 5.95. The number of anilines is 1. The number of hydrogen-bond donors (Lipinski definition) is 4. The molecule has 2 rings (SSSR count). The topological polar surface area (TPSA) is 116 Å². The van der Waals surface area contributed by atoms with Gasteiger partial charge in [-0.05, 0) is 18.2 Å². The van der Waals surface area contributed by atoms with Crippen LogP contribution in [-0.2, 0) is 13.6 Å². The summed E-state index contributed by atoms with van der Waals surface area (Å²) in [6, 6.07) is 3.11. The van der Waals surface area contributed by atoms with Gasteiger partial charge in [-0.15, -0.1) is 0 Å². The SMILES string of the molecule is Cn1ccnc1CNC(=O)Nc1ccc(O)cc1C(=O)O. The summed E-state index contributed by atoms with van der Waals surface area (Å²) in [6.07, 6.45) is 3.36. The molecular formula is C13H14N4O4. The molecule has 0 aliphatic rings. The van der Waals surface area contributed by atoms with E-state index in [1.807, 2.05) is 0 Å². The molecule has 0 radical (unpaired) electrons. The van der Waals surface area contributed by atoms with Crippen LogP contribution in [-0.4, -0.2) is 31.8 Å². The number of carboxylic acid groups (broad SMARTS) is 1. The lowest BCUT2D eigenvalue weighted by molar-refractivity contribution is 0.0697. The molecule has 0 bridgehead atoms. The predicted molar refractivity (Wildman–Crippen MR) is 74.1 cm³/mol. The Morgan fingerprint density at radius 2 is 2.14 bits per heavy atom. The highest BCUT2D eigenvalue weighted by Gasteiger charge is 2.13. The van der Waals surface area contributed by atoms with Crippen LogP contribution < -0.4 is 10.6 Å². The number of rotatable bonds is 4. The molecule has 0 fully saturated rings. The van der Waals surface area contributed by atoms with Gasteiger partial charge in [-0.2, -0.15) is 0 Å². The first-order chi connectivity index (χ1) is 9.97. The van der Waals surface area contributed by atoms with Crippen LogP contribution in [0.1, 0.15) is 16.2 Å². The summed E-state index contributed by atoms with van der Waals surface area (Å²) in [5, 5.41) is 23.3. The summed E-state index contributed by atoms with van der Waals surface area (Å²) in [5.41, 5.74) is -0.0974. The second-order valence-electron chi connectivity index (χ2n) is 4.30. The number of nitrogens with zero attached hydrogens (tertiary/aromatic N) is 2. The molecule has 0 spiro atoms. The number of amides is 2. The van der Waals surface area contributed by atoms with E-state index in [-0.39, 0.29) is 23.5 Å². The first-order valence-corrected chi connectivity index (χ1v) is 6.04. The number of aromatic hydroxyl groups is 1. The molecule has 4 N–H and O–H groups in total. The highest BCUT2D eigenvalue weighted by molar-refractivity contribution is 6.00. The largest absolute Gasteiger partial charge is 0.508 e. The van der Waals surface area contributed by atoms with Gasteiger partial charge in [0.15, 0.2) is 0 Å². The Kier molecular flexibility index (Phi) is 4.07. The van der Waals surface area contributed by atoms with E-state index < -0.39 is 12.0 Å². The average molecular weight is 290 g/mol. The van der Waals surface area contributed by atoms with E-state index in [4.69, 9.17) is 5.11 Å². The van der Waals surface area contributed by atoms with Crippen LogP contribution in [0.15, 0.2) is 30.6 Å². The number of phenols is 1. The quantitative estimate of drug-likeness (QED) is 0.630. The summed E-state index contributed by atoms with van der Waals surface area (Å²) in [7, 11) is 1.80. The van der Waals surface area contributed by atoms with Gasteiger partial charge >= 0.3 is 12.0 Å². The maximum absolute atomic E-state index is 11.8. The number of phenolic OH excluding ortho intramolecular Hbond substituents is 1. The van der Waals surface area contributed by atoms with Crippen LogP contribution in [0.3, 0.4) is 0 Å². The van der Waals surface area contributed by atoms with E-state index in [1.165, 1.54) is 12.1 Å². The minimum atomic E-state index is -1.25. The van der Waals surface area contributed by atoms with Crippen LogP contribution in [0.4, 0.5) is 10.5 Å². The third-order valence-electron chi connectivity index (χ3n) is 2.81. The molecule has 0 unspecified atom stereocenters. The predicted octanol–water partition coefficient (Wildman–Crippen LogP) is 1.15. The highest BCUT2D eigenvalue weighted by atomic mass is 16.4. The lowest BCUT2D eigenvalue weighted by Gasteiger charge is -2.10. The van der Waals surface area contributed by atoms with Crippen molar-refractivity contribution in [3.05, 3.63) is 42.0 Å². The van der Waals surface area contributed by atoms with Gasteiger partial charge in [0.05, 0.1) is 17.8 Å². The van der Waals surface area contributed by atoms with E-state index in [2.05, 4.69) is 15.6 Å². The molecule has 2 amide bonds. The second-order valence-corrected chi connectivity index (χ2v) is 4.30. The van der Waals surface area contributed by atoms with Crippen LogP contribution in [0, 0.1) is 0 Å². The molecular weight excluding hydrogens is 276 g/mol. The van der Waals surface area contributed by atoms with Crippen molar-refractivity contribution in [2.45, 2.75) is 6.54 Å². The van der Waals surface area contributed by atoms with E-state index in [9.17, 15) is 14.7 Å². The van der Waals surface area contributed by atoms with Crippen LogP contribution in [0.2, 0.25) is 0 Å². The molecule has 1 aromatic carbocycles. The molecule has 21 heavy (non-hydrogen) atoms. The molecule has 0 saturated carbocycles. The van der Waals surface area contributed by atoms with Crippen LogP contribution in [0.5, 0.6) is 5.75 Å². The minimum Gasteiger partial charge on any atom is -0.508 e. The normalized spacial score (nSPS) is 10.1. The Labute approximate surface area is 120 Å². The van der Waals surface area contributed by atoms with Gasteiger partial charge < -0.3 is 25.4 Å². The molecule has 1 aromatic heterocycles. The molecule has 0 saturated heterocycles. The summed E-state index contributed by atoms with van der Waals surface area (Å²) in [5.74, 6) is -0.772. The van der Waals surface area contributed by atoms with Crippen molar-refractivity contribution >= 4 is 17.7 Å². The van der Waals surface area contributed by atoms with Gasteiger partial charge in [-0.3, -0.25) is 0 Å². The fraction of sp³-hybridized carbons (Fsp3) is 0.154. The third-order valence-corrected chi connectivity index (χ3v) is 2.81. The van der Waals surface area contributed by atoms with Crippen molar-refractivity contribution in [3.63, 3.8) is 0 Å². The van der Waals surface area contributed by atoms with Gasteiger partial charge in [-0.1, -0.05) is 0 Å². The first kappa shape index (κ1) is 14.4. The number of aryl methyl sites for hydroxylation is 1. The Balaban J connectivity index is 2.03. The monoisotopic (exact) mass is 290 g/mol. The number of nitrogens with one attached hydrogen (secondary N) is 2. The zero-order valence-electron chi connectivity index (χ0n) is 11.2. The summed E-state index contributed by atoms with van der Waals surface area (Å²) in [6.45, 7) is 0.204. The minimum absolute atomic E-state index is 0.0950. The third kappa shape index (κ3) is 3.50. The lowest BCUT2D eigenvalue weighted by Crippen LogP contribution is -2.29. The zero-order valence-corrected chi connectivity index (χ0v) is 11.2.